The molecule has 0 bridgehead atoms. The molecule has 10 nitrogen and oxygen atoms in total. The quantitative estimate of drug-likeness (QED) is 0.381. The fourth-order valence-electron chi connectivity index (χ4n) is 4.72. The maximum atomic E-state index is 12.9. The van der Waals surface area contributed by atoms with E-state index < -0.39 is 0 Å². The first-order chi connectivity index (χ1) is 18.5. The van der Waals surface area contributed by atoms with E-state index in [9.17, 15) is 9.59 Å². The van der Waals surface area contributed by atoms with E-state index in [0.29, 0.717) is 47.0 Å². The lowest BCUT2D eigenvalue weighted by atomic mass is 10.1. The van der Waals surface area contributed by atoms with Crippen LogP contribution in [0.25, 0.3) is 22.3 Å². The van der Waals surface area contributed by atoms with Gasteiger partial charge >= 0.3 is 0 Å². The largest absolute Gasteiger partial charge is 0.383 e. The van der Waals surface area contributed by atoms with Crippen molar-refractivity contribution in [2.24, 2.45) is 0 Å². The second-order valence-corrected chi connectivity index (χ2v) is 9.15. The summed E-state index contributed by atoms with van der Waals surface area (Å²) in [6.45, 7) is 4.84. The van der Waals surface area contributed by atoms with Gasteiger partial charge in [-0.05, 0) is 55.5 Å². The third-order valence-corrected chi connectivity index (χ3v) is 6.57. The monoisotopic (exact) mass is 508 g/mol. The minimum absolute atomic E-state index is 0.0656. The van der Waals surface area contributed by atoms with Crippen molar-refractivity contribution in [3.8, 4) is 23.1 Å². The summed E-state index contributed by atoms with van der Waals surface area (Å²) in [5, 5.41) is 8.37. The lowest BCUT2D eigenvalue weighted by Gasteiger charge is -2.14. The Bertz CT molecular complexity index is 1570. The number of carbonyl (C=O) groups excluding carboxylic acids is 2. The molecule has 1 unspecified atom stereocenters. The zero-order chi connectivity index (χ0) is 26.6. The molecule has 1 atom stereocenters. The van der Waals surface area contributed by atoms with Gasteiger partial charge in [0.15, 0.2) is 5.65 Å². The van der Waals surface area contributed by atoms with Gasteiger partial charge in [-0.3, -0.25) is 9.59 Å². The molecule has 3 N–H and O–H groups in total. The Hall–Kier alpha value is -4.78. The van der Waals surface area contributed by atoms with Crippen molar-refractivity contribution in [2.75, 3.05) is 24.1 Å². The molecule has 5 rings (SSSR count). The highest BCUT2D eigenvalue weighted by atomic mass is 16.2. The summed E-state index contributed by atoms with van der Waals surface area (Å²) in [5.41, 5.74) is 9.88. The van der Waals surface area contributed by atoms with Crippen LogP contribution in [0, 0.1) is 11.8 Å². The third kappa shape index (κ3) is 4.91. The molecule has 2 amide bonds. The van der Waals surface area contributed by atoms with Crippen LogP contribution in [0.2, 0.25) is 0 Å². The number of pyridine rings is 1. The molecule has 1 aliphatic heterocycles. The van der Waals surface area contributed by atoms with Crippen LogP contribution in [0.5, 0.6) is 0 Å². The predicted octanol–water partition coefficient (Wildman–Crippen LogP) is 3.47. The van der Waals surface area contributed by atoms with E-state index in [-0.39, 0.29) is 17.9 Å². The zero-order valence-corrected chi connectivity index (χ0v) is 21.3. The van der Waals surface area contributed by atoms with Gasteiger partial charge in [0.25, 0.3) is 11.8 Å². The number of hydrogen-bond donors (Lipinski definition) is 2. The third-order valence-electron chi connectivity index (χ3n) is 6.57. The van der Waals surface area contributed by atoms with Crippen LogP contribution in [-0.2, 0) is 11.2 Å². The van der Waals surface area contributed by atoms with Crippen molar-refractivity contribution in [1.29, 1.82) is 0 Å². The first kappa shape index (κ1) is 24.9. The molecule has 1 fully saturated rings. The average Bonchev–Trinajstić information content (AvgIpc) is 3.56. The molecule has 1 aliphatic rings. The normalized spacial score (nSPS) is 14.8. The number of carbonyl (C=O) groups is 2. The smallest absolute Gasteiger partial charge is 0.298 e. The van der Waals surface area contributed by atoms with Gasteiger partial charge in [-0.25, -0.2) is 19.6 Å². The van der Waals surface area contributed by atoms with Crippen LogP contribution >= 0.6 is 0 Å². The summed E-state index contributed by atoms with van der Waals surface area (Å²) in [4.78, 5) is 39.7. The predicted molar refractivity (Wildman–Crippen MR) is 145 cm³/mol. The second kappa shape index (κ2) is 10.7. The number of nitrogens with one attached hydrogen (secondary N) is 1. The number of aryl methyl sites for hydroxylation is 1. The number of benzene rings is 1. The summed E-state index contributed by atoms with van der Waals surface area (Å²) in [6, 6.07) is 10.9. The SMILES string of the molecule is CC#CC(=O)N1CCC(n2nc(-c3ccc(C(=O)Nc4cc(CCC)ccn4)cc3)c3c(N)ncnc32)C1. The van der Waals surface area contributed by atoms with Gasteiger partial charge in [-0.2, -0.15) is 5.10 Å². The fourth-order valence-corrected chi connectivity index (χ4v) is 4.72. The zero-order valence-electron chi connectivity index (χ0n) is 21.3. The maximum Gasteiger partial charge on any atom is 0.298 e. The molecule has 10 heteroatoms. The molecule has 192 valence electrons. The van der Waals surface area contributed by atoms with Gasteiger partial charge in [0, 0.05) is 30.4 Å². The summed E-state index contributed by atoms with van der Waals surface area (Å²) >= 11 is 0. The summed E-state index contributed by atoms with van der Waals surface area (Å²) in [5.74, 6) is 5.66. The number of likely N-dealkylation sites (tertiary alicyclic amines) is 1. The van der Waals surface area contributed by atoms with E-state index in [1.807, 2.05) is 28.9 Å². The van der Waals surface area contributed by atoms with Crippen molar-refractivity contribution < 1.29 is 9.59 Å². The van der Waals surface area contributed by atoms with Crippen LogP contribution < -0.4 is 11.1 Å². The highest BCUT2D eigenvalue weighted by Gasteiger charge is 2.30. The molecule has 0 saturated carbocycles. The van der Waals surface area contributed by atoms with Crippen LogP contribution in [0.3, 0.4) is 0 Å². The Morgan fingerprint density at radius 1 is 1.16 bits per heavy atom. The van der Waals surface area contributed by atoms with Crippen molar-refractivity contribution in [3.63, 3.8) is 0 Å². The molecule has 1 saturated heterocycles. The highest BCUT2D eigenvalue weighted by molar-refractivity contribution is 6.04. The van der Waals surface area contributed by atoms with Gasteiger partial charge in [0.1, 0.15) is 23.7 Å². The lowest BCUT2D eigenvalue weighted by Crippen LogP contribution is -2.28. The number of hydrogen-bond acceptors (Lipinski definition) is 7. The number of rotatable bonds is 6. The first-order valence-electron chi connectivity index (χ1n) is 12.6. The van der Waals surface area contributed by atoms with E-state index in [1.165, 1.54) is 6.33 Å². The summed E-state index contributed by atoms with van der Waals surface area (Å²) in [7, 11) is 0. The molecule has 1 aromatic carbocycles. The van der Waals surface area contributed by atoms with E-state index in [1.54, 1.807) is 30.2 Å². The number of anilines is 2. The van der Waals surface area contributed by atoms with Crippen molar-refractivity contribution >= 4 is 34.5 Å². The molecule has 0 spiro atoms. The topological polar surface area (TPSA) is 132 Å². The van der Waals surface area contributed by atoms with Gasteiger partial charge < -0.3 is 16.0 Å². The molecular formula is C28H28N8O2. The van der Waals surface area contributed by atoms with Crippen LogP contribution in [-0.4, -0.2) is 54.5 Å². The lowest BCUT2D eigenvalue weighted by molar-refractivity contribution is -0.124. The van der Waals surface area contributed by atoms with E-state index in [0.717, 1.165) is 30.4 Å². The Morgan fingerprint density at radius 3 is 2.74 bits per heavy atom. The van der Waals surface area contributed by atoms with Crippen LogP contribution in [0.15, 0.2) is 48.9 Å². The summed E-state index contributed by atoms with van der Waals surface area (Å²) in [6.07, 6.45) is 5.79. The van der Waals surface area contributed by atoms with E-state index in [4.69, 9.17) is 10.8 Å². The number of nitrogens with two attached hydrogens (primary N) is 1. The van der Waals surface area contributed by atoms with E-state index in [2.05, 4.69) is 39.0 Å². The fraction of sp³-hybridized carbons (Fsp3) is 0.286. The Labute approximate surface area is 220 Å². The van der Waals surface area contributed by atoms with E-state index >= 15 is 0 Å². The molecule has 0 radical (unpaired) electrons. The number of aromatic nitrogens is 5. The number of fused-ring (bicyclic) bond motifs is 1. The maximum absolute atomic E-state index is 12.9. The van der Waals surface area contributed by atoms with Crippen LogP contribution in [0.1, 0.15) is 48.7 Å². The molecule has 38 heavy (non-hydrogen) atoms. The number of nitrogen functional groups attached to an aromatic ring is 1. The minimum atomic E-state index is -0.248. The molecule has 4 aromatic rings. The minimum Gasteiger partial charge on any atom is -0.383 e. The van der Waals surface area contributed by atoms with Gasteiger partial charge in [0.05, 0.1) is 11.4 Å². The Morgan fingerprint density at radius 2 is 1.97 bits per heavy atom. The second-order valence-electron chi connectivity index (χ2n) is 9.15. The number of amides is 2. The standard InChI is InChI=1S/C28H28N8O2/c1-3-5-18-11-13-30-22(15-18)33-28(38)20-9-7-19(8-10-20)25-24-26(29)31-17-32-27(24)36(34-25)21-12-14-35(16-21)23(37)6-4-2/h7-11,13,15,17,21H,3,5,12,14,16H2,1-2H3,(H2,29,31,32)(H,30,33,38). The van der Waals surface area contributed by atoms with Crippen LogP contribution in [0.4, 0.5) is 11.6 Å². The average molecular weight is 509 g/mol. The van der Waals surface area contributed by atoms with Crippen molar-refractivity contribution in [3.05, 3.63) is 60.0 Å². The molecule has 0 aliphatic carbocycles. The van der Waals surface area contributed by atoms with Crippen molar-refractivity contribution in [2.45, 2.75) is 39.2 Å². The summed E-state index contributed by atoms with van der Waals surface area (Å²) < 4.78 is 1.82. The molecule has 4 heterocycles. The van der Waals surface area contributed by atoms with Crippen molar-refractivity contribution in [1.82, 2.24) is 29.6 Å². The van der Waals surface area contributed by atoms with Gasteiger partial charge in [-0.1, -0.05) is 31.4 Å². The first-order valence-corrected chi connectivity index (χ1v) is 12.6. The molecular weight excluding hydrogens is 480 g/mol. The Kier molecular flexibility index (Phi) is 7.00. The Balaban J connectivity index is 1.41. The highest BCUT2D eigenvalue weighted by Crippen LogP contribution is 2.34. The molecule has 3 aromatic heterocycles. The van der Waals surface area contributed by atoms with Gasteiger partial charge in [0.2, 0.25) is 0 Å². The number of nitrogens with zero attached hydrogens (tertiary/aromatic N) is 6. The van der Waals surface area contributed by atoms with Gasteiger partial charge in [-0.15, -0.1) is 0 Å².